The normalized spacial score (nSPS) is 17.6. The van der Waals surface area contributed by atoms with Crippen molar-refractivity contribution >= 4 is 12.0 Å². The molecule has 0 fully saturated rings. The number of nitrogens with two attached hydrogens (primary N) is 1. The first kappa shape index (κ1) is 19.7. The summed E-state index contributed by atoms with van der Waals surface area (Å²) in [4.78, 5) is 24.6. The van der Waals surface area contributed by atoms with Gasteiger partial charge < -0.3 is 25.1 Å². The van der Waals surface area contributed by atoms with E-state index in [9.17, 15) is 9.59 Å². The first-order valence-corrected chi connectivity index (χ1v) is 9.53. The summed E-state index contributed by atoms with van der Waals surface area (Å²) in [6.45, 7) is 4.37. The Morgan fingerprint density at radius 3 is 2.64 bits per heavy atom. The molecule has 7 nitrogen and oxygen atoms in total. The van der Waals surface area contributed by atoms with Crippen molar-refractivity contribution in [2.45, 2.75) is 32.4 Å². The van der Waals surface area contributed by atoms with Gasteiger partial charge in [-0.05, 0) is 25.5 Å². The second kappa shape index (κ2) is 9.23. The smallest absolute Gasteiger partial charge is 0.338 e. The van der Waals surface area contributed by atoms with Crippen molar-refractivity contribution in [3.63, 3.8) is 0 Å². The lowest BCUT2D eigenvalue weighted by atomic mass is 9.99. The molecule has 2 heterocycles. The van der Waals surface area contributed by atoms with E-state index in [1.54, 1.807) is 13.2 Å². The predicted octanol–water partition coefficient (Wildman–Crippen LogP) is 1.84. The molecular formula is C21H26N3O4+. The Bertz CT molecular complexity index is 831. The van der Waals surface area contributed by atoms with Crippen molar-refractivity contribution in [3.8, 4) is 0 Å². The quantitative estimate of drug-likeness (QED) is 0.605. The molecule has 3 rings (SSSR count). The highest BCUT2D eigenvalue weighted by Gasteiger charge is 2.33. The van der Waals surface area contributed by atoms with E-state index in [1.165, 1.54) is 0 Å². The molecule has 0 spiro atoms. The van der Waals surface area contributed by atoms with Gasteiger partial charge in [-0.15, -0.1) is 0 Å². The Hall–Kier alpha value is -3.06. The summed E-state index contributed by atoms with van der Waals surface area (Å²) in [7, 11) is 0. The zero-order chi connectivity index (χ0) is 19.9. The molecule has 0 unspecified atom stereocenters. The van der Waals surface area contributed by atoms with Gasteiger partial charge in [-0.2, -0.15) is 0 Å². The van der Waals surface area contributed by atoms with Crippen LogP contribution in [0.15, 0.2) is 64.4 Å². The summed E-state index contributed by atoms with van der Waals surface area (Å²) in [5.41, 5.74) is 2.12. The highest BCUT2D eigenvalue weighted by atomic mass is 16.5. The molecule has 2 aromatic rings. The molecule has 1 aliphatic rings. The fourth-order valence-electron chi connectivity index (χ4n) is 3.40. The van der Waals surface area contributed by atoms with Crippen LogP contribution in [0.25, 0.3) is 0 Å². The highest BCUT2D eigenvalue weighted by molar-refractivity contribution is 5.94. The number of carbonyl (C=O) groups is 2. The van der Waals surface area contributed by atoms with Gasteiger partial charge in [-0.1, -0.05) is 37.3 Å². The molecule has 0 radical (unpaired) electrons. The number of nitrogens with one attached hydrogen (secondary N) is 2. The zero-order valence-corrected chi connectivity index (χ0v) is 16.1. The third-order valence-corrected chi connectivity index (χ3v) is 4.71. The number of carbonyl (C=O) groups excluding carboxylic acids is 2. The number of urea groups is 1. The highest BCUT2D eigenvalue weighted by Crippen LogP contribution is 2.20. The number of quaternary nitrogens is 1. The maximum atomic E-state index is 12.5. The van der Waals surface area contributed by atoms with Crippen LogP contribution in [0.3, 0.4) is 0 Å². The van der Waals surface area contributed by atoms with Crippen LogP contribution >= 0.6 is 0 Å². The lowest BCUT2D eigenvalue weighted by Crippen LogP contribution is -2.86. The molecule has 0 aliphatic carbocycles. The minimum absolute atomic E-state index is 0.0981. The third kappa shape index (κ3) is 4.43. The number of hydrogen-bond donors (Lipinski definition) is 3. The van der Waals surface area contributed by atoms with Gasteiger partial charge in [0.1, 0.15) is 6.54 Å². The summed E-state index contributed by atoms with van der Waals surface area (Å²) >= 11 is 0. The second-order valence-electron chi connectivity index (χ2n) is 6.52. The Kier molecular flexibility index (Phi) is 6.49. The van der Waals surface area contributed by atoms with Gasteiger partial charge in [0, 0.05) is 5.56 Å². The SMILES string of the molecule is CCOC(=O)C1=C(C[NH2+][C@@H](c2ccccc2)c2ccco2)NC(=O)N[C@@H]1CC. The number of hydrogen-bond acceptors (Lipinski definition) is 4. The van der Waals surface area contributed by atoms with E-state index in [0.29, 0.717) is 24.2 Å². The molecule has 1 aliphatic heterocycles. The van der Waals surface area contributed by atoms with Crippen molar-refractivity contribution in [3.05, 3.63) is 71.3 Å². The number of ether oxygens (including phenoxy) is 1. The molecule has 148 valence electrons. The standard InChI is InChI=1S/C21H25N3O4/c1-3-15-18(20(25)27-4-2)16(24-21(26)23-15)13-22-19(17-11-8-12-28-17)14-9-6-5-7-10-14/h5-12,15,19,22H,3-4,13H2,1-2H3,(H2,23,24,26)/p+1/t15-,19+/m1/s1. The third-order valence-electron chi connectivity index (χ3n) is 4.71. The van der Waals surface area contributed by atoms with Crippen LogP contribution in [-0.4, -0.2) is 31.2 Å². The zero-order valence-electron chi connectivity index (χ0n) is 16.1. The first-order chi connectivity index (χ1) is 13.6. The Labute approximate surface area is 164 Å². The van der Waals surface area contributed by atoms with Crippen molar-refractivity contribution in [1.82, 2.24) is 10.6 Å². The average molecular weight is 384 g/mol. The largest absolute Gasteiger partial charge is 0.463 e. The number of benzene rings is 1. The predicted molar refractivity (Wildman–Crippen MR) is 103 cm³/mol. The monoisotopic (exact) mass is 384 g/mol. The van der Waals surface area contributed by atoms with Gasteiger partial charge in [0.2, 0.25) is 0 Å². The van der Waals surface area contributed by atoms with Crippen LogP contribution in [0, 0.1) is 0 Å². The second-order valence-corrected chi connectivity index (χ2v) is 6.52. The number of esters is 1. The summed E-state index contributed by atoms with van der Waals surface area (Å²) < 4.78 is 10.8. The van der Waals surface area contributed by atoms with E-state index in [-0.39, 0.29) is 24.7 Å². The maximum absolute atomic E-state index is 12.5. The first-order valence-electron chi connectivity index (χ1n) is 9.53. The lowest BCUT2D eigenvalue weighted by Gasteiger charge is -2.28. The summed E-state index contributed by atoms with van der Waals surface area (Å²) in [5.74, 6) is 0.399. The summed E-state index contributed by atoms with van der Waals surface area (Å²) in [5, 5.41) is 7.62. The van der Waals surface area contributed by atoms with E-state index in [4.69, 9.17) is 9.15 Å². The van der Waals surface area contributed by atoms with E-state index in [1.807, 2.05) is 54.7 Å². The molecule has 0 saturated heterocycles. The molecule has 1 aromatic heterocycles. The van der Waals surface area contributed by atoms with E-state index < -0.39 is 5.97 Å². The molecule has 7 heteroatoms. The van der Waals surface area contributed by atoms with Crippen LogP contribution in [0.5, 0.6) is 0 Å². The summed E-state index contributed by atoms with van der Waals surface area (Å²) in [6, 6.07) is 13.0. The van der Waals surface area contributed by atoms with Gasteiger partial charge >= 0.3 is 12.0 Å². The molecule has 0 saturated carbocycles. The van der Waals surface area contributed by atoms with Gasteiger partial charge in [0.05, 0.1) is 30.2 Å². The molecule has 1 aromatic carbocycles. The average Bonchev–Trinajstić information content (AvgIpc) is 3.23. The molecule has 2 atom stereocenters. The van der Waals surface area contributed by atoms with Crippen molar-refractivity contribution in [1.29, 1.82) is 0 Å². The maximum Gasteiger partial charge on any atom is 0.338 e. The van der Waals surface area contributed by atoms with E-state index in [0.717, 1.165) is 11.3 Å². The van der Waals surface area contributed by atoms with Gasteiger partial charge in [-0.25, -0.2) is 9.59 Å². The summed E-state index contributed by atoms with van der Waals surface area (Å²) in [6.07, 6.45) is 2.24. The Morgan fingerprint density at radius 2 is 2.00 bits per heavy atom. The topological polar surface area (TPSA) is 97.2 Å². The number of rotatable bonds is 8. The number of amides is 2. The Balaban J connectivity index is 1.89. The van der Waals surface area contributed by atoms with Crippen LogP contribution in [0.2, 0.25) is 0 Å². The molecule has 28 heavy (non-hydrogen) atoms. The van der Waals surface area contributed by atoms with Crippen LogP contribution in [-0.2, 0) is 9.53 Å². The van der Waals surface area contributed by atoms with E-state index >= 15 is 0 Å². The fraction of sp³-hybridized carbons (Fsp3) is 0.333. The van der Waals surface area contributed by atoms with E-state index in [2.05, 4.69) is 10.6 Å². The molecule has 0 bridgehead atoms. The fourth-order valence-corrected chi connectivity index (χ4v) is 3.40. The number of furan rings is 1. The van der Waals surface area contributed by atoms with Crippen molar-refractivity contribution < 1.29 is 24.1 Å². The van der Waals surface area contributed by atoms with Crippen LogP contribution < -0.4 is 16.0 Å². The Morgan fingerprint density at radius 1 is 1.21 bits per heavy atom. The van der Waals surface area contributed by atoms with Gasteiger partial charge in [0.25, 0.3) is 0 Å². The minimum atomic E-state index is -0.403. The van der Waals surface area contributed by atoms with Crippen LogP contribution in [0.1, 0.15) is 37.6 Å². The molecular weight excluding hydrogens is 358 g/mol. The van der Waals surface area contributed by atoms with Crippen LogP contribution in [0.4, 0.5) is 4.79 Å². The lowest BCUT2D eigenvalue weighted by molar-refractivity contribution is -0.682. The van der Waals surface area contributed by atoms with Crippen molar-refractivity contribution in [2.75, 3.05) is 13.2 Å². The molecule has 4 N–H and O–H groups in total. The van der Waals surface area contributed by atoms with Gasteiger partial charge in [0.15, 0.2) is 11.8 Å². The minimum Gasteiger partial charge on any atom is -0.463 e. The molecule has 2 amide bonds. The van der Waals surface area contributed by atoms with Crippen molar-refractivity contribution in [2.24, 2.45) is 0 Å². The van der Waals surface area contributed by atoms with Gasteiger partial charge in [-0.3, -0.25) is 0 Å².